The highest BCUT2D eigenvalue weighted by Gasteiger charge is 2.06. The fourth-order valence-electron chi connectivity index (χ4n) is 1.42. The van der Waals surface area contributed by atoms with Crippen molar-refractivity contribution in [2.75, 3.05) is 24.7 Å². The number of nitrogens with one attached hydrogen (secondary N) is 1. The highest BCUT2D eigenvalue weighted by molar-refractivity contribution is 5.86. The molecule has 0 aliphatic carbocycles. The Balaban J connectivity index is 2.28. The fraction of sp³-hybridized carbons (Fsp3) is 0.364. The quantitative estimate of drug-likeness (QED) is 0.821. The van der Waals surface area contributed by atoms with Crippen molar-refractivity contribution in [3.8, 4) is 0 Å². The summed E-state index contributed by atoms with van der Waals surface area (Å²) >= 11 is 0. The van der Waals surface area contributed by atoms with Crippen molar-refractivity contribution in [1.82, 2.24) is 15.0 Å². The zero-order valence-electron chi connectivity index (χ0n) is 9.84. The molecule has 2 heterocycles. The van der Waals surface area contributed by atoms with Crippen LogP contribution in [0.25, 0.3) is 11.0 Å². The first-order valence-electron chi connectivity index (χ1n) is 5.34. The van der Waals surface area contributed by atoms with Gasteiger partial charge in [-0.15, -0.1) is 0 Å². The van der Waals surface area contributed by atoms with Gasteiger partial charge in [-0.05, 0) is 19.1 Å². The number of rotatable bonds is 4. The Morgan fingerprint density at radius 1 is 1.41 bits per heavy atom. The van der Waals surface area contributed by atoms with Crippen LogP contribution in [0.15, 0.2) is 18.5 Å². The molecule has 90 valence electrons. The minimum atomic E-state index is 0.113. The molecule has 2 rings (SSSR count). The number of aromatic nitrogens is 3. The van der Waals surface area contributed by atoms with E-state index in [0.29, 0.717) is 18.0 Å². The number of hydrogen-bond donors (Lipinski definition) is 2. The number of ether oxygens (including phenoxy) is 1. The minimum Gasteiger partial charge on any atom is -0.384 e. The van der Waals surface area contributed by atoms with Crippen LogP contribution in [-0.4, -0.2) is 34.7 Å². The van der Waals surface area contributed by atoms with Gasteiger partial charge in [-0.2, -0.15) is 0 Å². The molecule has 0 bridgehead atoms. The molecule has 0 saturated carbocycles. The summed E-state index contributed by atoms with van der Waals surface area (Å²) in [5.41, 5.74) is 6.20. The highest BCUT2D eigenvalue weighted by atomic mass is 16.5. The zero-order valence-corrected chi connectivity index (χ0v) is 9.84. The van der Waals surface area contributed by atoms with Gasteiger partial charge in [-0.3, -0.25) is 0 Å². The molecular weight excluding hydrogens is 218 g/mol. The number of nitrogen functional groups attached to an aromatic ring is 1. The van der Waals surface area contributed by atoms with Gasteiger partial charge in [0.2, 0.25) is 0 Å². The molecule has 0 amide bonds. The number of methoxy groups -OCH3 is 1. The van der Waals surface area contributed by atoms with E-state index in [9.17, 15) is 0 Å². The third kappa shape index (κ3) is 2.59. The average Bonchev–Trinajstić information content (AvgIpc) is 2.35. The molecule has 1 unspecified atom stereocenters. The number of hydrogen-bond acceptors (Lipinski definition) is 6. The Kier molecular flexibility index (Phi) is 3.34. The lowest BCUT2D eigenvalue weighted by Gasteiger charge is -2.12. The number of pyridine rings is 1. The van der Waals surface area contributed by atoms with Crippen LogP contribution < -0.4 is 11.1 Å². The maximum absolute atomic E-state index is 5.61. The van der Waals surface area contributed by atoms with Gasteiger partial charge >= 0.3 is 0 Å². The molecule has 2 aromatic rings. The van der Waals surface area contributed by atoms with Gasteiger partial charge in [-0.25, -0.2) is 15.0 Å². The van der Waals surface area contributed by atoms with Gasteiger partial charge < -0.3 is 15.8 Å². The molecule has 0 radical (unpaired) electrons. The van der Waals surface area contributed by atoms with Crippen molar-refractivity contribution in [3.63, 3.8) is 0 Å². The van der Waals surface area contributed by atoms with Crippen molar-refractivity contribution in [2.45, 2.75) is 13.0 Å². The Labute approximate surface area is 99.2 Å². The second-order valence-electron chi connectivity index (χ2n) is 3.76. The topological polar surface area (TPSA) is 86.0 Å². The van der Waals surface area contributed by atoms with Crippen molar-refractivity contribution in [2.24, 2.45) is 0 Å². The molecule has 17 heavy (non-hydrogen) atoms. The first-order valence-corrected chi connectivity index (χ1v) is 5.34. The van der Waals surface area contributed by atoms with E-state index < -0.39 is 0 Å². The van der Waals surface area contributed by atoms with E-state index >= 15 is 0 Å². The van der Waals surface area contributed by atoms with Crippen LogP contribution in [0, 0.1) is 0 Å². The van der Waals surface area contributed by atoms with Crippen LogP contribution in [0.5, 0.6) is 0 Å². The normalized spacial score (nSPS) is 12.6. The van der Waals surface area contributed by atoms with E-state index in [4.69, 9.17) is 10.5 Å². The maximum Gasteiger partial charge on any atom is 0.166 e. The van der Waals surface area contributed by atoms with Crippen LogP contribution in [0.3, 0.4) is 0 Å². The van der Waals surface area contributed by atoms with E-state index in [0.717, 1.165) is 11.2 Å². The summed E-state index contributed by atoms with van der Waals surface area (Å²) in [7, 11) is 1.67. The van der Waals surface area contributed by atoms with E-state index in [1.165, 1.54) is 6.33 Å². The summed E-state index contributed by atoms with van der Waals surface area (Å²) in [6.07, 6.45) is 1.58. The van der Waals surface area contributed by atoms with E-state index in [-0.39, 0.29) is 6.10 Å². The van der Waals surface area contributed by atoms with Gasteiger partial charge in [0.05, 0.1) is 11.5 Å². The molecule has 0 saturated heterocycles. The minimum absolute atomic E-state index is 0.113. The zero-order chi connectivity index (χ0) is 12.3. The van der Waals surface area contributed by atoms with Gasteiger partial charge in [-0.1, -0.05) is 0 Å². The summed E-state index contributed by atoms with van der Waals surface area (Å²) in [5.74, 6) is 1.19. The molecule has 0 spiro atoms. The Morgan fingerprint density at radius 2 is 2.24 bits per heavy atom. The maximum atomic E-state index is 5.61. The molecule has 0 aromatic carbocycles. The van der Waals surface area contributed by atoms with Crippen molar-refractivity contribution >= 4 is 22.7 Å². The molecule has 0 fully saturated rings. The van der Waals surface area contributed by atoms with Crippen LogP contribution in [0.4, 0.5) is 11.6 Å². The average molecular weight is 233 g/mol. The molecule has 0 aliphatic rings. The molecule has 2 aromatic heterocycles. The summed E-state index contributed by atoms with van der Waals surface area (Å²) < 4.78 is 5.16. The molecule has 3 N–H and O–H groups in total. The van der Waals surface area contributed by atoms with E-state index in [2.05, 4.69) is 20.3 Å². The van der Waals surface area contributed by atoms with Gasteiger partial charge in [0.1, 0.15) is 18.0 Å². The van der Waals surface area contributed by atoms with Crippen LogP contribution in [0.1, 0.15) is 6.92 Å². The van der Waals surface area contributed by atoms with Crippen molar-refractivity contribution in [3.05, 3.63) is 18.5 Å². The van der Waals surface area contributed by atoms with Crippen LogP contribution in [0.2, 0.25) is 0 Å². The number of fused-ring (bicyclic) bond motifs is 1. The van der Waals surface area contributed by atoms with Crippen molar-refractivity contribution in [1.29, 1.82) is 0 Å². The van der Waals surface area contributed by atoms with E-state index in [1.807, 2.05) is 13.0 Å². The summed E-state index contributed by atoms with van der Waals surface area (Å²) in [6.45, 7) is 2.65. The highest BCUT2D eigenvalue weighted by Crippen LogP contribution is 2.18. The monoisotopic (exact) mass is 233 g/mol. The molecule has 6 nitrogen and oxygen atoms in total. The Hall–Kier alpha value is -1.95. The largest absolute Gasteiger partial charge is 0.384 e. The molecule has 0 aliphatic heterocycles. The fourth-order valence-corrected chi connectivity index (χ4v) is 1.42. The lowest BCUT2D eigenvalue weighted by atomic mass is 10.3. The van der Waals surface area contributed by atoms with Crippen LogP contribution >= 0.6 is 0 Å². The smallest absolute Gasteiger partial charge is 0.166 e. The second kappa shape index (κ2) is 4.92. The molecule has 6 heteroatoms. The third-order valence-corrected chi connectivity index (χ3v) is 2.48. The molecule has 1 atom stereocenters. The van der Waals surface area contributed by atoms with Crippen LogP contribution in [-0.2, 0) is 4.74 Å². The predicted octanol–water partition coefficient (Wildman–Crippen LogP) is 1.05. The first kappa shape index (κ1) is 11.5. The Bertz CT molecular complexity index is 516. The number of nitrogens with zero attached hydrogens (tertiary/aromatic N) is 3. The van der Waals surface area contributed by atoms with E-state index in [1.54, 1.807) is 13.2 Å². The predicted molar refractivity (Wildman–Crippen MR) is 66.7 cm³/mol. The van der Waals surface area contributed by atoms with Crippen molar-refractivity contribution < 1.29 is 4.74 Å². The SMILES string of the molecule is COC(C)CNc1ncnc2nc(N)ccc12. The lowest BCUT2D eigenvalue weighted by molar-refractivity contribution is 0.128. The molecular formula is C11H15N5O. The standard InChI is InChI=1S/C11H15N5O/c1-7(17-2)5-13-10-8-3-4-9(12)16-11(8)15-6-14-10/h3-4,6-7H,5H2,1-2H3,(H3,12,13,14,15,16). The van der Waals surface area contributed by atoms with Gasteiger partial charge in [0.15, 0.2) is 5.65 Å². The lowest BCUT2D eigenvalue weighted by Crippen LogP contribution is -2.18. The Morgan fingerprint density at radius 3 is 3.00 bits per heavy atom. The van der Waals surface area contributed by atoms with Gasteiger partial charge in [0.25, 0.3) is 0 Å². The van der Waals surface area contributed by atoms with Gasteiger partial charge in [0, 0.05) is 13.7 Å². The number of anilines is 2. The summed E-state index contributed by atoms with van der Waals surface area (Å²) in [4.78, 5) is 12.4. The summed E-state index contributed by atoms with van der Waals surface area (Å²) in [5, 5.41) is 4.05. The second-order valence-corrected chi connectivity index (χ2v) is 3.76. The number of nitrogens with two attached hydrogens (primary N) is 1. The first-order chi connectivity index (χ1) is 8.20. The summed E-state index contributed by atoms with van der Waals surface area (Å²) in [6, 6.07) is 3.59. The third-order valence-electron chi connectivity index (χ3n) is 2.48.